The summed E-state index contributed by atoms with van der Waals surface area (Å²) in [6, 6.07) is 4.81. The molecule has 1 aromatic heterocycles. The van der Waals surface area contributed by atoms with Crippen molar-refractivity contribution >= 4 is 0 Å². The van der Waals surface area contributed by atoms with Crippen LogP contribution < -0.4 is 11.1 Å². The number of furan rings is 1. The zero-order valence-electron chi connectivity index (χ0n) is 13.4. The highest BCUT2D eigenvalue weighted by Crippen LogP contribution is 2.43. The monoisotopic (exact) mass is 278 g/mol. The second kappa shape index (κ2) is 6.31. The van der Waals surface area contributed by atoms with E-state index < -0.39 is 0 Å². The van der Waals surface area contributed by atoms with Crippen LogP contribution in [0.15, 0.2) is 22.8 Å². The fraction of sp³-hybridized carbons (Fsp3) is 0.765. The van der Waals surface area contributed by atoms with Gasteiger partial charge in [-0.15, -0.1) is 0 Å². The predicted molar refractivity (Wildman–Crippen MR) is 83.5 cm³/mol. The van der Waals surface area contributed by atoms with E-state index in [1.54, 1.807) is 6.26 Å². The van der Waals surface area contributed by atoms with Gasteiger partial charge in [-0.25, -0.2) is 0 Å². The molecule has 0 radical (unpaired) electrons. The fourth-order valence-corrected chi connectivity index (χ4v) is 3.45. The summed E-state index contributed by atoms with van der Waals surface area (Å²) < 4.78 is 5.41. The number of nitrogens with one attached hydrogen (secondary N) is 1. The molecule has 1 heterocycles. The van der Waals surface area contributed by atoms with Gasteiger partial charge >= 0.3 is 0 Å². The van der Waals surface area contributed by atoms with Crippen molar-refractivity contribution in [1.82, 2.24) is 5.32 Å². The van der Waals surface area contributed by atoms with E-state index >= 15 is 0 Å². The van der Waals surface area contributed by atoms with Crippen molar-refractivity contribution in [2.24, 2.45) is 23.0 Å². The van der Waals surface area contributed by atoms with Crippen LogP contribution in [0, 0.1) is 17.3 Å². The standard InChI is InChI=1S/C17H30N2O/c1-12(10-15-6-5-9-20-15)19-11-14-7-8-16(18)13(2)17(14,3)4/h5-6,9,12-14,16,19H,7-8,10-11,18H2,1-4H3. The maximum absolute atomic E-state index is 6.23. The van der Waals surface area contributed by atoms with Gasteiger partial charge in [0.25, 0.3) is 0 Å². The summed E-state index contributed by atoms with van der Waals surface area (Å²) in [6.45, 7) is 10.4. The maximum atomic E-state index is 6.23. The van der Waals surface area contributed by atoms with Gasteiger partial charge in [-0.3, -0.25) is 0 Å². The Labute approximate surface area is 123 Å². The van der Waals surface area contributed by atoms with Crippen LogP contribution in [0.2, 0.25) is 0 Å². The van der Waals surface area contributed by atoms with Gasteiger partial charge in [0.15, 0.2) is 0 Å². The molecule has 1 aliphatic rings. The van der Waals surface area contributed by atoms with Crippen molar-refractivity contribution in [1.29, 1.82) is 0 Å². The van der Waals surface area contributed by atoms with Crippen molar-refractivity contribution in [2.75, 3.05) is 6.54 Å². The molecule has 2 rings (SSSR count). The van der Waals surface area contributed by atoms with Crippen LogP contribution in [-0.4, -0.2) is 18.6 Å². The van der Waals surface area contributed by atoms with E-state index in [4.69, 9.17) is 10.2 Å². The minimum absolute atomic E-state index is 0.315. The van der Waals surface area contributed by atoms with Crippen molar-refractivity contribution in [3.05, 3.63) is 24.2 Å². The summed E-state index contributed by atoms with van der Waals surface area (Å²) >= 11 is 0. The lowest BCUT2D eigenvalue weighted by Crippen LogP contribution is -2.50. The summed E-state index contributed by atoms with van der Waals surface area (Å²) in [5.74, 6) is 2.35. The molecule has 1 aliphatic carbocycles. The van der Waals surface area contributed by atoms with Gasteiger partial charge in [-0.2, -0.15) is 0 Å². The Morgan fingerprint density at radius 1 is 1.45 bits per heavy atom. The Morgan fingerprint density at radius 3 is 2.85 bits per heavy atom. The molecule has 1 aromatic rings. The third kappa shape index (κ3) is 3.44. The predicted octanol–water partition coefficient (Wildman–Crippen LogP) is 3.20. The number of hydrogen-bond donors (Lipinski definition) is 2. The Balaban J connectivity index is 1.84. The van der Waals surface area contributed by atoms with Crippen molar-refractivity contribution < 1.29 is 4.42 Å². The Hall–Kier alpha value is -0.800. The van der Waals surface area contributed by atoms with Gasteiger partial charge in [-0.05, 0) is 55.7 Å². The molecule has 0 saturated heterocycles. The van der Waals surface area contributed by atoms with Gasteiger partial charge in [0, 0.05) is 18.5 Å². The van der Waals surface area contributed by atoms with Gasteiger partial charge < -0.3 is 15.5 Å². The van der Waals surface area contributed by atoms with E-state index in [0.29, 0.717) is 29.3 Å². The Bertz CT molecular complexity index is 399. The number of nitrogens with two attached hydrogens (primary N) is 1. The summed E-state index contributed by atoms with van der Waals surface area (Å²) in [4.78, 5) is 0. The van der Waals surface area contributed by atoms with E-state index in [1.165, 1.54) is 6.42 Å². The van der Waals surface area contributed by atoms with Crippen molar-refractivity contribution in [2.45, 2.75) is 59.0 Å². The summed E-state index contributed by atoms with van der Waals surface area (Å²) in [7, 11) is 0. The van der Waals surface area contributed by atoms with E-state index in [-0.39, 0.29) is 0 Å². The number of hydrogen-bond acceptors (Lipinski definition) is 3. The molecular weight excluding hydrogens is 248 g/mol. The molecule has 1 fully saturated rings. The third-order valence-electron chi connectivity index (χ3n) is 5.52. The lowest BCUT2D eigenvalue weighted by atomic mass is 9.61. The molecule has 114 valence electrons. The average molecular weight is 278 g/mol. The molecule has 1 saturated carbocycles. The first-order chi connectivity index (χ1) is 9.41. The highest BCUT2D eigenvalue weighted by atomic mass is 16.3. The minimum Gasteiger partial charge on any atom is -0.469 e. The second-order valence-corrected chi connectivity index (χ2v) is 7.14. The van der Waals surface area contributed by atoms with Crippen LogP contribution in [0.4, 0.5) is 0 Å². The van der Waals surface area contributed by atoms with E-state index in [9.17, 15) is 0 Å². The normalized spacial score (nSPS) is 31.1. The first kappa shape index (κ1) is 15.6. The molecule has 0 aromatic carbocycles. The minimum atomic E-state index is 0.315. The molecule has 0 spiro atoms. The summed E-state index contributed by atoms with van der Waals surface area (Å²) in [5, 5.41) is 3.68. The topological polar surface area (TPSA) is 51.2 Å². The summed E-state index contributed by atoms with van der Waals surface area (Å²) in [5.41, 5.74) is 6.54. The molecule has 0 amide bonds. The van der Waals surface area contributed by atoms with E-state index in [2.05, 4.69) is 33.0 Å². The molecule has 4 atom stereocenters. The summed E-state index contributed by atoms with van der Waals surface area (Å²) in [6.07, 6.45) is 5.09. The largest absolute Gasteiger partial charge is 0.469 e. The van der Waals surface area contributed by atoms with Crippen LogP contribution in [0.1, 0.15) is 46.3 Å². The average Bonchev–Trinajstić information content (AvgIpc) is 2.88. The van der Waals surface area contributed by atoms with E-state index in [0.717, 1.165) is 25.1 Å². The highest BCUT2D eigenvalue weighted by Gasteiger charge is 2.41. The van der Waals surface area contributed by atoms with Crippen LogP contribution in [0.3, 0.4) is 0 Å². The molecule has 0 aliphatic heterocycles. The maximum Gasteiger partial charge on any atom is 0.105 e. The SMILES string of the molecule is CC(Cc1ccco1)NCC1CCC(N)C(C)C1(C)C. The Kier molecular flexibility index (Phi) is 4.92. The molecule has 3 N–H and O–H groups in total. The molecule has 4 unspecified atom stereocenters. The zero-order chi connectivity index (χ0) is 14.8. The number of rotatable bonds is 5. The molecule has 3 nitrogen and oxygen atoms in total. The van der Waals surface area contributed by atoms with Crippen LogP contribution in [0.5, 0.6) is 0 Å². The van der Waals surface area contributed by atoms with Gasteiger partial charge in [0.05, 0.1) is 6.26 Å². The van der Waals surface area contributed by atoms with E-state index in [1.807, 2.05) is 12.1 Å². The third-order valence-corrected chi connectivity index (χ3v) is 5.52. The lowest BCUT2D eigenvalue weighted by molar-refractivity contribution is 0.0526. The first-order valence-electron chi connectivity index (χ1n) is 7.92. The van der Waals surface area contributed by atoms with Gasteiger partial charge in [-0.1, -0.05) is 20.8 Å². The fourth-order valence-electron chi connectivity index (χ4n) is 3.45. The van der Waals surface area contributed by atoms with Gasteiger partial charge in [0.1, 0.15) is 5.76 Å². The van der Waals surface area contributed by atoms with Crippen molar-refractivity contribution in [3.63, 3.8) is 0 Å². The highest BCUT2D eigenvalue weighted by molar-refractivity contribution is 5.00. The zero-order valence-corrected chi connectivity index (χ0v) is 13.4. The molecule has 0 bridgehead atoms. The molecule has 3 heteroatoms. The van der Waals surface area contributed by atoms with Crippen LogP contribution in [-0.2, 0) is 6.42 Å². The van der Waals surface area contributed by atoms with Gasteiger partial charge in [0.2, 0.25) is 0 Å². The van der Waals surface area contributed by atoms with Crippen LogP contribution in [0.25, 0.3) is 0 Å². The lowest BCUT2D eigenvalue weighted by Gasteiger charge is -2.47. The smallest absolute Gasteiger partial charge is 0.105 e. The van der Waals surface area contributed by atoms with Crippen molar-refractivity contribution in [3.8, 4) is 0 Å². The quantitative estimate of drug-likeness (QED) is 0.869. The molecule has 20 heavy (non-hydrogen) atoms. The molecular formula is C17H30N2O. The Morgan fingerprint density at radius 2 is 2.20 bits per heavy atom. The second-order valence-electron chi connectivity index (χ2n) is 7.14. The first-order valence-corrected chi connectivity index (χ1v) is 7.92. The van der Waals surface area contributed by atoms with Crippen LogP contribution >= 0.6 is 0 Å².